The van der Waals surface area contributed by atoms with E-state index in [0.717, 1.165) is 44.0 Å². The Labute approximate surface area is 244 Å². The Bertz CT molecular complexity index is 2490. The molecule has 196 valence electrons. The first-order valence-corrected chi connectivity index (χ1v) is 14.7. The smallest absolute Gasteiger partial charge is 0.165 e. The normalized spacial score (nSPS) is 11.8. The highest BCUT2D eigenvalue weighted by Gasteiger charge is 2.19. The molecule has 5 heteroatoms. The van der Waals surface area contributed by atoms with Gasteiger partial charge in [-0.2, -0.15) is 0 Å². The molecule has 0 saturated carbocycles. The van der Waals surface area contributed by atoms with Crippen molar-refractivity contribution in [2.24, 2.45) is 0 Å². The standard InChI is InChI=1S/C37H21N3OS/c1-2-10-23-21-24(20-19-22(23)9-1)35-38-36(28-14-8-17-31-33(28)27-12-3-5-16-30(27)41-31)40-37(39-35)29-15-7-13-26-25-11-4-6-18-32(25)42-34(26)29/h1-21H. The molecule has 0 aliphatic heterocycles. The molecule has 3 aromatic heterocycles. The zero-order chi connectivity index (χ0) is 27.6. The van der Waals surface area contributed by atoms with Gasteiger partial charge < -0.3 is 4.42 Å². The number of benzene rings is 6. The van der Waals surface area contributed by atoms with Crippen LogP contribution in [0.25, 0.3) is 87.0 Å². The Balaban J connectivity index is 1.35. The number of rotatable bonds is 3. The minimum Gasteiger partial charge on any atom is -0.456 e. The molecule has 9 rings (SSSR count). The van der Waals surface area contributed by atoms with Crippen LogP contribution in [0.1, 0.15) is 0 Å². The second kappa shape index (κ2) is 9.06. The van der Waals surface area contributed by atoms with Crippen LogP contribution in [0.4, 0.5) is 0 Å². The summed E-state index contributed by atoms with van der Waals surface area (Å²) in [6.07, 6.45) is 0. The predicted molar refractivity (Wildman–Crippen MR) is 174 cm³/mol. The molecule has 0 saturated heterocycles. The fourth-order valence-electron chi connectivity index (χ4n) is 5.96. The first-order chi connectivity index (χ1) is 20.8. The van der Waals surface area contributed by atoms with Crippen LogP contribution in [0.15, 0.2) is 132 Å². The number of furan rings is 1. The van der Waals surface area contributed by atoms with E-state index in [1.807, 2.05) is 30.3 Å². The van der Waals surface area contributed by atoms with E-state index in [9.17, 15) is 0 Å². The molecular formula is C37H21N3OS. The molecule has 0 radical (unpaired) electrons. The van der Waals surface area contributed by atoms with Crippen LogP contribution in [0, 0.1) is 0 Å². The van der Waals surface area contributed by atoms with Crippen molar-refractivity contribution < 1.29 is 4.42 Å². The van der Waals surface area contributed by atoms with Gasteiger partial charge in [0.1, 0.15) is 11.2 Å². The van der Waals surface area contributed by atoms with Gasteiger partial charge in [0, 0.05) is 47.6 Å². The summed E-state index contributed by atoms with van der Waals surface area (Å²) in [6, 6.07) is 43.9. The zero-order valence-electron chi connectivity index (χ0n) is 22.3. The van der Waals surface area contributed by atoms with E-state index in [4.69, 9.17) is 19.4 Å². The Morgan fingerprint density at radius 3 is 2.07 bits per heavy atom. The number of hydrogen-bond donors (Lipinski definition) is 0. The monoisotopic (exact) mass is 555 g/mol. The summed E-state index contributed by atoms with van der Waals surface area (Å²) in [7, 11) is 0. The molecule has 0 N–H and O–H groups in total. The zero-order valence-corrected chi connectivity index (χ0v) is 23.1. The Morgan fingerprint density at radius 1 is 0.476 bits per heavy atom. The highest BCUT2D eigenvalue weighted by molar-refractivity contribution is 7.26. The van der Waals surface area contributed by atoms with Crippen LogP contribution in [0.2, 0.25) is 0 Å². The van der Waals surface area contributed by atoms with Crippen LogP contribution in [0.5, 0.6) is 0 Å². The van der Waals surface area contributed by atoms with Gasteiger partial charge in [0.25, 0.3) is 0 Å². The van der Waals surface area contributed by atoms with Gasteiger partial charge in [-0.05, 0) is 41.1 Å². The largest absolute Gasteiger partial charge is 0.456 e. The first-order valence-electron chi connectivity index (χ1n) is 13.9. The molecule has 6 aromatic carbocycles. The van der Waals surface area contributed by atoms with Gasteiger partial charge in [0.15, 0.2) is 17.5 Å². The van der Waals surface area contributed by atoms with Crippen LogP contribution in [-0.4, -0.2) is 15.0 Å². The molecule has 0 spiro atoms. The minimum absolute atomic E-state index is 0.624. The summed E-state index contributed by atoms with van der Waals surface area (Å²) in [5.41, 5.74) is 4.54. The van der Waals surface area contributed by atoms with Crippen molar-refractivity contribution >= 4 is 64.2 Å². The molecule has 0 aliphatic rings. The molecule has 3 heterocycles. The van der Waals surface area contributed by atoms with Gasteiger partial charge in [-0.15, -0.1) is 11.3 Å². The molecule has 0 unspecified atom stereocenters. The van der Waals surface area contributed by atoms with Crippen LogP contribution in [0.3, 0.4) is 0 Å². The van der Waals surface area contributed by atoms with E-state index in [1.54, 1.807) is 11.3 Å². The summed E-state index contributed by atoms with van der Waals surface area (Å²) < 4.78 is 8.64. The molecule has 0 aliphatic carbocycles. The summed E-state index contributed by atoms with van der Waals surface area (Å²) in [6.45, 7) is 0. The Kier molecular flexibility index (Phi) is 5.03. The van der Waals surface area contributed by atoms with E-state index < -0.39 is 0 Å². The lowest BCUT2D eigenvalue weighted by molar-refractivity contribution is 0.669. The lowest BCUT2D eigenvalue weighted by Gasteiger charge is -2.10. The van der Waals surface area contributed by atoms with E-state index in [-0.39, 0.29) is 0 Å². The van der Waals surface area contributed by atoms with Gasteiger partial charge in [0.2, 0.25) is 0 Å². The molecule has 42 heavy (non-hydrogen) atoms. The molecule has 0 atom stereocenters. The third-order valence-electron chi connectivity index (χ3n) is 7.93. The highest BCUT2D eigenvalue weighted by Crippen LogP contribution is 2.41. The maximum absolute atomic E-state index is 6.21. The van der Waals surface area contributed by atoms with E-state index in [2.05, 4.69) is 97.1 Å². The van der Waals surface area contributed by atoms with Crippen molar-refractivity contribution in [3.63, 3.8) is 0 Å². The van der Waals surface area contributed by atoms with Gasteiger partial charge in [0.05, 0.1) is 0 Å². The third-order valence-corrected chi connectivity index (χ3v) is 9.15. The molecule has 0 amide bonds. The number of fused-ring (bicyclic) bond motifs is 7. The molecule has 0 bridgehead atoms. The Morgan fingerprint density at radius 2 is 1.14 bits per heavy atom. The second-order valence-electron chi connectivity index (χ2n) is 10.4. The van der Waals surface area contributed by atoms with Crippen molar-refractivity contribution in [1.29, 1.82) is 0 Å². The van der Waals surface area contributed by atoms with Gasteiger partial charge in [-0.1, -0.05) is 97.1 Å². The summed E-state index contributed by atoms with van der Waals surface area (Å²) >= 11 is 1.78. The highest BCUT2D eigenvalue weighted by atomic mass is 32.1. The van der Waals surface area contributed by atoms with Crippen LogP contribution >= 0.6 is 11.3 Å². The van der Waals surface area contributed by atoms with Gasteiger partial charge >= 0.3 is 0 Å². The van der Waals surface area contributed by atoms with Crippen LogP contribution in [-0.2, 0) is 0 Å². The Hall–Kier alpha value is -5.39. The quantitative estimate of drug-likeness (QED) is 0.218. The SMILES string of the molecule is c1ccc2cc(-c3nc(-c4cccc5c4sc4ccccc45)nc(-c4cccc5oc6ccccc6c45)n3)ccc2c1. The molecule has 9 aromatic rings. The summed E-state index contributed by atoms with van der Waals surface area (Å²) in [5, 5.41) is 6.84. The van der Waals surface area contributed by atoms with E-state index >= 15 is 0 Å². The maximum Gasteiger partial charge on any atom is 0.165 e. The fraction of sp³-hybridized carbons (Fsp3) is 0. The number of para-hydroxylation sites is 1. The van der Waals surface area contributed by atoms with Crippen molar-refractivity contribution in [3.05, 3.63) is 127 Å². The molecule has 4 nitrogen and oxygen atoms in total. The predicted octanol–water partition coefficient (Wildman–Crippen LogP) is 10.3. The van der Waals surface area contributed by atoms with Crippen molar-refractivity contribution in [2.45, 2.75) is 0 Å². The van der Waals surface area contributed by atoms with Crippen molar-refractivity contribution in [3.8, 4) is 34.2 Å². The number of thiophene rings is 1. The molecule has 0 fully saturated rings. The number of hydrogen-bond acceptors (Lipinski definition) is 5. The minimum atomic E-state index is 0.624. The number of aromatic nitrogens is 3. The van der Waals surface area contributed by atoms with Crippen LogP contribution < -0.4 is 0 Å². The molecular weight excluding hydrogens is 534 g/mol. The second-order valence-corrected chi connectivity index (χ2v) is 11.5. The topological polar surface area (TPSA) is 51.8 Å². The lowest BCUT2D eigenvalue weighted by Crippen LogP contribution is -2.00. The summed E-state index contributed by atoms with van der Waals surface area (Å²) in [4.78, 5) is 15.4. The lowest BCUT2D eigenvalue weighted by atomic mass is 10.0. The third kappa shape index (κ3) is 3.57. The van der Waals surface area contributed by atoms with E-state index in [1.165, 1.54) is 25.6 Å². The summed E-state index contributed by atoms with van der Waals surface area (Å²) in [5.74, 6) is 1.92. The van der Waals surface area contributed by atoms with Gasteiger partial charge in [-0.25, -0.2) is 15.0 Å². The van der Waals surface area contributed by atoms with Crippen molar-refractivity contribution in [2.75, 3.05) is 0 Å². The average Bonchev–Trinajstić information content (AvgIpc) is 3.63. The number of nitrogens with zero attached hydrogens (tertiary/aromatic N) is 3. The van der Waals surface area contributed by atoms with Gasteiger partial charge in [-0.3, -0.25) is 0 Å². The van der Waals surface area contributed by atoms with Crippen molar-refractivity contribution in [1.82, 2.24) is 15.0 Å². The first kappa shape index (κ1) is 23.3. The fourth-order valence-corrected chi connectivity index (χ4v) is 7.17. The maximum atomic E-state index is 6.21. The van der Waals surface area contributed by atoms with E-state index in [0.29, 0.717) is 17.5 Å². The average molecular weight is 556 g/mol.